The minimum Gasteiger partial charge on any atom is -0.357 e. The van der Waals surface area contributed by atoms with Gasteiger partial charge in [-0.2, -0.15) is 0 Å². The number of nitrogens with one attached hydrogen (secondary N) is 3. The first-order valence-corrected chi connectivity index (χ1v) is 8.60. The van der Waals surface area contributed by atoms with E-state index < -0.39 is 0 Å². The van der Waals surface area contributed by atoms with Gasteiger partial charge in [-0.3, -0.25) is 4.79 Å². The van der Waals surface area contributed by atoms with Crippen molar-refractivity contribution in [3.63, 3.8) is 0 Å². The molecule has 24 heavy (non-hydrogen) atoms. The number of aliphatic imine (C=N–C) groups is 1. The lowest BCUT2D eigenvalue weighted by Gasteiger charge is -2.20. The second-order valence-electron chi connectivity index (χ2n) is 7.10. The molecule has 1 amide bonds. The van der Waals surface area contributed by atoms with Gasteiger partial charge >= 0.3 is 0 Å². The van der Waals surface area contributed by atoms with Crippen molar-refractivity contribution in [2.75, 3.05) is 19.6 Å². The minimum absolute atomic E-state index is 0.0749. The molecular weight excluding hydrogens is 300 g/mol. The fraction of sp³-hybridized carbons (Fsp3) is 0.579. The normalized spacial score (nSPS) is 12.0. The number of aryl methyl sites for hydroxylation is 2. The van der Waals surface area contributed by atoms with Crippen LogP contribution in [0, 0.1) is 13.8 Å². The fourth-order valence-corrected chi connectivity index (χ4v) is 2.39. The maximum atomic E-state index is 11.9. The molecule has 0 aliphatic carbocycles. The highest BCUT2D eigenvalue weighted by atomic mass is 16.2. The molecule has 0 fully saturated rings. The lowest BCUT2D eigenvalue weighted by molar-refractivity contribution is -0.121. The van der Waals surface area contributed by atoms with Gasteiger partial charge in [0.2, 0.25) is 5.91 Å². The summed E-state index contributed by atoms with van der Waals surface area (Å²) in [7, 11) is 0. The molecule has 0 unspecified atom stereocenters. The molecule has 5 heteroatoms. The number of hydrogen-bond acceptors (Lipinski definition) is 2. The van der Waals surface area contributed by atoms with E-state index in [1.54, 1.807) is 0 Å². The van der Waals surface area contributed by atoms with Crippen LogP contribution in [0.25, 0.3) is 0 Å². The topological polar surface area (TPSA) is 65.5 Å². The summed E-state index contributed by atoms with van der Waals surface area (Å²) in [5.41, 5.74) is 3.68. The Morgan fingerprint density at radius 3 is 2.46 bits per heavy atom. The third-order valence-corrected chi connectivity index (χ3v) is 3.42. The molecule has 3 N–H and O–H groups in total. The Kier molecular flexibility index (Phi) is 7.75. The maximum absolute atomic E-state index is 11.9. The van der Waals surface area contributed by atoms with Crippen molar-refractivity contribution in [2.24, 2.45) is 4.99 Å². The van der Waals surface area contributed by atoms with E-state index in [1.807, 2.05) is 27.7 Å². The summed E-state index contributed by atoms with van der Waals surface area (Å²) < 4.78 is 0. The Morgan fingerprint density at radius 2 is 1.88 bits per heavy atom. The van der Waals surface area contributed by atoms with Crippen molar-refractivity contribution in [1.82, 2.24) is 16.0 Å². The molecule has 1 aromatic carbocycles. The monoisotopic (exact) mass is 332 g/mol. The van der Waals surface area contributed by atoms with Crippen molar-refractivity contribution >= 4 is 11.9 Å². The molecule has 0 heterocycles. The molecule has 5 nitrogen and oxygen atoms in total. The van der Waals surface area contributed by atoms with Crippen molar-refractivity contribution in [1.29, 1.82) is 0 Å². The summed E-state index contributed by atoms with van der Waals surface area (Å²) >= 11 is 0. The first-order valence-electron chi connectivity index (χ1n) is 8.60. The number of carbonyl (C=O) groups excluding carboxylic acids is 1. The third kappa shape index (κ3) is 7.99. The predicted molar refractivity (Wildman–Crippen MR) is 101 cm³/mol. The first kappa shape index (κ1) is 20.0. The molecular formula is C19H32N4O. The molecule has 0 aromatic heterocycles. The van der Waals surface area contributed by atoms with Crippen LogP contribution in [0.1, 0.15) is 44.4 Å². The lowest BCUT2D eigenvalue weighted by atomic mass is 10.0. The number of amides is 1. The number of nitrogens with zero attached hydrogens (tertiary/aromatic N) is 1. The van der Waals surface area contributed by atoms with Gasteiger partial charge in [-0.25, -0.2) is 4.99 Å². The van der Waals surface area contributed by atoms with Crippen molar-refractivity contribution < 1.29 is 4.79 Å². The predicted octanol–water partition coefficient (Wildman–Crippen LogP) is 2.32. The second kappa shape index (κ2) is 9.30. The summed E-state index contributed by atoms with van der Waals surface area (Å²) in [4.78, 5) is 16.2. The lowest BCUT2D eigenvalue weighted by Crippen LogP contribution is -2.43. The van der Waals surface area contributed by atoms with Gasteiger partial charge in [0.05, 0.1) is 0 Å². The van der Waals surface area contributed by atoms with E-state index in [2.05, 4.69) is 53.0 Å². The molecule has 0 atom stereocenters. The Balaban J connectivity index is 2.53. The van der Waals surface area contributed by atoms with Crippen molar-refractivity contribution in [3.05, 3.63) is 34.9 Å². The zero-order chi connectivity index (χ0) is 18.2. The van der Waals surface area contributed by atoms with Gasteiger partial charge in [0, 0.05) is 18.6 Å². The summed E-state index contributed by atoms with van der Waals surface area (Å²) in [5, 5.41) is 9.37. The van der Waals surface area contributed by atoms with Crippen LogP contribution < -0.4 is 16.0 Å². The van der Waals surface area contributed by atoms with Crippen LogP contribution in [0.15, 0.2) is 23.2 Å². The second-order valence-corrected chi connectivity index (χ2v) is 7.10. The molecule has 0 spiro atoms. The Bertz CT molecular complexity index is 573. The van der Waals surface area contributed by atoms with Gasteiger partial charge in [-0.15, -0.1) is 0 Å². The average Bonchev–Trinajstić information content (AvgIpc) is 2.45. The summed E-state index contributed by atoms with van der Waals surface area (Å²) in [5.74, 6) is 0.598. The van der Waals surface area contributed by atoms with Crippen LogP contribution in [-0.4, -0.2) is 37.0 Å². The molecule has 1 rings (SSSR count). The molecule has 1 aromatic rings. The Hall–Kier alpha value is -2.04. The van der Waals surface area contributed by atoms with E-state index in [4.69, 9.17) is 0 Å². The van der Waals surface area contributed by atoms with Crippen LogP contribution in [0.5, 0.6) is 0 Å². The van der Waals surface area contributed by atoms with Gasteiger partial charge in [0.15, 0.2) is 5.96 Å². The minimum atomic E-state index is -0.235. The third-order valence-electron chi connectivity index (χ3n) is 3.42. The summed E-state index contributed by atoms with van der Waals surface area (Å²) in [6.45, 7) is 13.8. The maximum Gasteiger partial charge on any atom is 0.242 e. The van der Waals surface area contributed by atoms with Crippen LogP contribution in [-0.2, 0) is 11.2 Å². The van der Waals surface area contributed by atoms with Gasteiger partial charge in [-0.1, -0.05) is 23.8 Å². The molecule has 0 bridgehead atoms. The molecule has 0 saturated heterocycles. The molecule has 0 aliphatic rings. The number of carbonyl (C=O) groups is 1. The van der Waals surface area contributed by atoms with Crippen LogP contribution >= 0.6 is 0 Å². The zero-order valence-electron chi connectivity index (χ0n) is 15.9. The number of rotatable bonds is 6. The quantitative estimate of drug-likeness (QED) is 0.553. The van der Waals surface area contributed by atoms with E-state index >= 15 is 0 Å². The summed E-state index contributed by atoms with van der Waals surface area (Å²) in [6.07, 6.45) is 0.921. The SMILES string of the molecule is CCNC(=NCC(=O)NC(C)(C)C)NCCc1ccc(C)cc1C. The molecule has 0 aliphatic heterocycles. The molecule has 0 saturated carbocycles. The van der Waals surface area contributed by atoms with Crippen LogP contribution in [0.2, 0.25) is 0 Å². The number of guanidine groups is 1. The van der Waals surface area contributed by atoms with Gasteiger partial charge < -0.3 is 16.0 Å². The van der Waals surface area contributed by atoms with E-state index in [0.717, 1.165) is 19.5 Å². The van der Waals surface area contributed by atoms with E-state index in [1.165, 1.54) is 16.7 Å². The van der Waals surface area contributed by atoms with Crippen molar-refractivity contribution in [3.8, 4) is 0 Å². The summed E-state index contributed by atoms with van der Waals surface area (Å²) in [6, 6.07) is 6.51. The van der Waals surface area contributed by atoms with Crippen molar-refractivity contribution in [2.45, 2.75) is 53.5 Å². The smallest absolute Gasteiger partial charge is 0.242 e. The van der Waals surface area contributed by atoms with Gasteiger partial charge in [-0.05, 0) is 59.1 Å². The Labute approximate surface area is 146 Å². The van der Waals surface area contributed by atoms with Crippen LogP contribution in [0.4, 0.5) is 0 Å². The molecule has 0 radical (unpaired) electrons. The van der Waals surface area contributed by atoms with Gasteiger partial charge in [0.1, 0.15) is 6.54 Å². The van der Waals surface area contributed by atoms with E-state index in [9.17, 15) is 4.79 Å². The largest absolute Gasteiger partial charge is 0.357 e. The number of benzene rings is 1. The van der Waals surface area contributed by atoms with E-state index in [-0.39, 0.29) is 18.0 Å². The first-order chi connectivity index (χ1) is 11.2. The zero-order valence-corrected chi connectivity index (χ0v) is 15.9. The highest BCUT2D eigenvalue weighted by Crippen LogP contribution is 2.10. The molecule has 134 valence electrons. The standard InChI is InChI=1S/C19H32N4O/c1-7-20-18(22-13-17(24)23-19(4,5)6)21-11-10-16-9-8-14(2)12-15(16)3/h8-9,12H,7,10-11,13H2,1-6H3,(H,23,24)(H2,20,21,22). The highest BCUT2D eigenvalue weighted by molar-refractivity contribution is 5.85. The van der Waals surface area contributed by atoms with Gasteiger partial charge in [0.25, 0.3) is 0 Å². The van der Waals surface area contributed by atoms with E-state index in [0.29, 0.717) is 5.96 Å². The fourth-order valence-electron chi connectivity index (χ4n) is 2.39. The average molecular weight is 332 g/mol. The van der Waals surface area contributed by atoms with Crippen LogP contribution in [0.3, 0.4) is 0 Å². The number of hydrogen-bond donors (Lipinski definition) is 3. The highest BCUT2D eigenvalue weighted by Gasteiger charge is 2.13. The Morgan fingerprint density at radius 1 is 1.17 bits per heavy atom.